The third-order valence-corrected chi connectivity index (χ3v) is 4.34. The van der Waals surface area contributed by atoms with E-state index in [4.69, 9.17) is 8.94 Å². The van der Waals surface area contributed by atoms with Gasteiger partial charge >= 0.3 is 0 Å². The molecule has 2 aromatic heterocycles. The van der Waals surface area contributed by atoms with Crippen LogP contribution in [0.3, 0.4) is 0 Å². The second kappa shape index (κ2) is 6.17. The molecule has 3 heterocycles. The molecule has 23 heavy (non-hydrogen) atoms. The molecule has 2 aromatic rings. The van der Waals surface area contributed by atoms with Gasteiger partial charge in [0.05, 0.1) is 12.5 Å². The summed E-state index contributed by atoms with van der Waals surface area (Å²) in [6, 6.07) is 4.67. The van der Waals surface area contributed by atoms with Crippen molar-refractivity contribution in [3.8, 4) is 11.5 Å². The highest BCUT2D eigenvalue weighted by Gasteiger charge is 2.28. The molecular formula is C14H17N3O5S. The number of hydrogen-bond acceptors (Lipinski definition) is 6. The number of sulfonamides is 1. The fraction of sp³-hybridized carbons (Fsp3) is 0.429. The highest BCUT2D eigenvalue weighted by Crippen LogP contribution is 2.22. The lowest BCUT2D eigenvalue weighted by Gasteiger charge is -2.32. The van der Waals surface area contributed by atoms with Crippen molar-refractivity contribution in [1.82, 2.24) is 14.8 Å². The molecule has 3 rings (SSSR count). The third kappa shape index (κ3) is 3.80. The van der Waals surface area contributed by atoms with E-state index in [1.165, 1.54) is 12.3 Å². The minimum atomic E-state index is -3.30. The first kappa shape index (κ1) is 15.8. The minimum Gasteiger partial charge on any atom is -0.461 e. The number of rotatable bonds is 4. The first-order valence-corrected chi connectivity index (χ1v) is 9.09. The molecule has 1 atom stereocenters. The number of nitrogens with one attached hydrogen (secondary N) is 1. The minimum absolute atomic E-state index is 0.177. The summed E-state index contributed by atoms with van der Waals surface area (Å²) in [7, 11) is -3.30. The van der Waals surface area contributed by atoms with Gasteiger partial charge in [-0.05, 0) is 25.0 Å². The van der Waals surface area contributed by atoms with Crippen LogP contribution in [-0.4, -0.2) is 49.8 Å². The zero-order chi connectivity index (χ0) is 16.4. The van der Waals surface area contributed by atoms with Gasteiger partial charge in [-0.25, -0.2) is 13.1 Å². The molecule has 0 aromatic carbocycles. The first-order chi connectivity index (χ1) is 10.9. The van der Waals surface area contributed by atoms with Crippen LogP contribution in [0.15, 0.2) is 33.4 Å². The van der Waals surface area contributed by atoms with Gasteiger partial charge in [0, 0.05) is 25.2 Å². The fourth-order valence-electron chi connectivity index (χ4n) is 2.63. The Morgan fingerprint density at radius 3 is 2.96 bits per heavy atom. The van der Waals surface area contributed by atoms with Crippen molar-refractivity contribution in [1.29, 1.82) is 0 Å². The van der Waals surface area contributed by atoms with E-state index >= 15 is 0 Å². The van der Waals surface area contributed by atoms with Gasteiger partial charge in [0.2, 0.25) is 15.8 Å². The highest BCUT2D eigenvalue weighted by molar-refractivity contribution is 7.88. The smallest absolute Gasteiger partial charge is 0.276 e. The van der Waals surface area contributed by atoms with Crippen molar-refractivity contribution in [2.45, 2.75) is 18.9 Å². The largest absolute Gasteiger partial charge is 0.461 e. The molecule has 1 unspecified atom stereocenters. The van der Waals surface area contributed by atoms with Crippen LogP contribution in [0.2, 0.25) is 0 Å². The van der Waals surface area contributed by atoms with E-state index in [1.54, 1.807) is 17.0 Å². The zero-order valence-electron chi connectivity index (χ0n) is 12.6. The van der Waals surface area contributed by atoms with Gasteiger partial charge in [-0.3, -0.25) is 4.79 Å². The van der Waals surface area contributed by atoms with Crippen LogP contribution >= 0.6 is 0 Å². The quantitative estimate of drug-likeness (QED) is 0.894. The lowest BCUT2D eigenvalue weighted by molar-refractivity contribution is 0.0692. The molecule has 9 heteroatoms. The maximum atomic E-state index is 12.5. The predicted octanol–water partition coefficient (Wildman–Crippen LogP) is 1.09. The number of hydrogen-bond donors (Lipinski definition) is 1. The molecule has 0 saturated carbocycles. The molecule has 1 saturated heterocycles. The molecule has 0 radical (unpaired) electrons. The van der Waals surface area contributed by atoms with E-state index in [2.05, 4.69) is 9.88 Å². The van der Waals surface area contributed by atoms with Gasteiger partial charge in [-0.2, -0.15) is 0 Å². The standard InChI is InChI=1S/C14H17N3O5S/c1-23(19,20)16-10-4-2-6-17(9-10)14(18)11-8-13(22-15-11)12-5-3-7-21-12/h3,5,7-8,10,16H,2,4,6,9H2,1H3. The molecule has 1 N–H and O–H groups in total. The number of carbonyl (C=O) groups is 1. The number of furan rings is 1. The predicted molar refractivity (Wildman–Crippen MR) is 81.1 cm³/mol. The number of amides is 1. The molecule has 1 fully saturated rings. The van der Waals surface area contributed by atoms with Crippen molar-refractivity contribution in [2.75, 3.05) is 19.3 Å². The van der Waals surface area contributed by atoms with Crippen LogP contribution in [0.25, 0.3) is 11.5 Å². The highest BCUT2D eigenvalue weighted by atomic mass is 32.2. The van der Waals surface area contributed by atoms with Gasteiger partial charge in [0.15, 0.2) is 11.5 Å². The number of piperidine rings is 1. The fourth-order valence-corrected chi connectivity index (χ4v) is 3.43. The molecule has 124 valence electrons. The second-order valence-electron chi connectivity index (χ2n) is 5.53. The Bertz CT molecular complexity index is 781. The van der Waals surface area contributed by atoms with Gasteiger partial charge in [0.25, 0.3) is 5.91 Å². The average molecular weight is 339 g/mol. The van der Waals surface area contributed by atoms with E-state index in [0.29, 0.717) is 31.0 Å². The summed E-state index contributed by atoms with van der Waals surface area (Å²) in [4.78, 5) is 14.1. The number of aromatic nitrogens is 1. The van der Waals surface area contributed by atoms with Crippen LogP contribution in [0.1, 0.15) is 23.3 Å². The third-order valence-electron chi connectivity index (χ3n) is 3.58. The summed E-state index contributed by atoms with van der Waals surface area (Å²) in [5, 5.41) is 3.78. The summed E-state index contributed by atoms with van der Waals surface area (Å²) < 4.78 is 35.5. The maximum Gasteiger partial charge on any atom is 0.276 e. The molecule has 8 nitrogen and oxygen atoms in total. The van der Waals surface area contributed by atoms with Gasteiger partial charge in [0.1, 0.15) is 0 Å². The average Bonchev–Trinajstić information content (AvgIpc) is 3.16. The summed E-state index contributed by atoms with van der Waals surface area (Å²) in [5.74, 6) is 0.583. The van der Waals surface area contributed by atoms with Crippen LogP contribution in [-0.2, 0) is 10.0 Å². The summed E-state index contributed by atoms with van der Waals surface area (Å²) in [5.41, 5.74) is 0.177. The van der Waals surface area contributed by atoms with Crippen molar-refractivity contribution in [3.05, 3.63) is 30.2 Å². The number of carbonyl (C=O) groups excluding carboxylic acids is 1. The zero-order valence-corrected chi connectivity index (χ0v) is 13.4. The normalized spacial score (nSPS) is 19.0. The van der Waals surface area contributed by atoms with E-state index in [-0.39, 0.29) is 17.6 Å². The maximum absolute atomic E-state index is 12.5. The first-order valence-electron chi connectivity index (χ1n) is 7.19. The van der Waals surface area contributed by atoms with Crippen LogP contribution in [0, 0.1) is 0 Å². The SMILES string of the molecule is CS(=O)(=O)NC1CCCN(C(=O)c2cc(-c3ccco3)on2)C1. The number of likely N-dealkylation sites (tertiary alicyclic amines) is 1. The molecular weight excluding hydrogens is 322 g/mol. The Kier molecular flexibility index (Phi) is 4.22. The Morgan fingerprint density at radius 2 is 2.26 bits per heavy atom. The van der Waals surface area contributed by atoms with Crippen molar-refractivity contribution in [3.63, 3.8) is 0 Å². The summed E-state index contributed by atoms with van der Waals surface area (Å²) >= 11 is 0. The molecule has 0 aliphatic carbocycles. The Morgan fingerprint density at radius 1 is 1.43 bits per heavy atom. The van der Waals surface area contributed by atoms with E-state index in [9.17, 15) is 13.2 Å². The summed E-state index contributed by atoms with van der Waals surface area (Å²) in [6.45, 7) is 0.874. The van der Waals surface area contributed by atoms with Gasteiger partial charge < -0.3 is 13.8 Å². The molecule has 1 aliphatic rings. The molecule has 0 spiro atoms. The summed E-state index contributed by atoms with van der Waals surface area (Å²) in [6.07, 6.45) is 4.04. The Hall–Kier alpha value is -2.13. The Labute approximate surface area is 133 Å². The lowest BCUT2D eigenvalue weighted by atomic mass is 10.1. The topological polar surface area (TPSA) is 106 Å². The van der Waals surface area contributed by atoms with Crippen molar-refractivity contribution >= 4 is 15.9 Å². The molecule has 1 amide bonds. The van der Waals surface area contributed by atoms with Crippen molar-refractivity contribution < 1.29 is 22.2 Å². The van der Waals surface area contributed by atoms with Crippen molar-refractivity contribution in [2.24, 2.45) is 0 Å². The second-order valence-corrected chi connectivity index (χ2v) is 7.31. The van der Waals surface area contributed by atoms with E-state index in [0.717, 1.165) is 12.7 Å². The monoisotopic (exact) mass is 339 g/mol. The molecule has 0 bridgehead atoms. The van der Waals surface area contributed by atoms with E-state index in [1.807, 2.05) is 0 Å². The van der Waals surface area contributed by atoms with Crippen LogP contribution < -0.4 is 4.72 Å². The van der Waals surface area contributed by atoms with Crippen LogP contribution in [0.5, 0.6) is 0 Å². The van der Waals surface area contributed by atoms with Gasteiger partial charge in [-0.1, -0.05) is 5.16 Å². The number of nitrogens with zero attached hydrogens (tertiary/aromatic N) is 2. The van der Waals surface area contributed by atoms with Gasteiger partial charge in [-0.15, -0.1) is 0 Å². The molecule has 1 aliphatic heterocycles. The van der Waals surface area contributed by atoms with Crippen LogP contribution in [0.4, 0.5) is 0 Å². The Balaban J connectivity index is 1.70. The lowest BCUT2D eigenvalue weighted by Crippen LogP contribution is -2.49. The van der Waals surface area contributed by atoms with E-state index < -0.39 is 10.0 Å².